The van der Waals surface area contributed by atoms with Gasteiger partial charge in [-0.1, -0.05) is 42.5 Å². The highest BCUT2D eigenvalue weighted by molar-refractivity contribution is 7.89. The zero-order valence-corrected chi connectivity index (χ0v) is 22.7. The van der Waals surface area contributed by atoms with Crippen LogP contribution in [0.25, 0.3) is 11.1 Å². The summed E-state index contributed by atoms with van der Waals surface area (Å²) in [5.41, 5.74) is 6.16. The largest absolute Gasteiger partial charge is 0.395 e. The molecule has 196 valence electrons. The van der Waals surface area contributed by atoms with Gasteiger partial charge >= 0.3 is 0 Å². The first-order valence-corrected chi connectivity index (χ1v) is 14.7. The number of fused-ring (bicyclic) bond motifs is 1. The normalized spacial score (nSPS) is 30.4. The molecular weight excluding hydrogens is 472 g/mol. The van der Waals surface area contributed by atoms with Crippen molar-refractivity contribution in [3.8, 4) is 11.1 Å². The van der Waals surface area contributed by atoms with Crippen molar-refractivity contribution in [2.75, 3.05) is 39.8 Å². The Labute approximate surface area is 216 Å². The van der Waals surface area contributed by atoms with Crippen molar-refractivity contribution in [3.63, 3.8) is 0 Å². The van der Waals surface area contributed by atoms with Crippen LogP contribution in [0.3, 0.4) is 0 Å². The van der Waals surface area contributed by atoms with Gasteiger partial charge in [-0.25, -0.2) is 8.42 Å². The number of hydrogen-bond donors (Lipinski definition) is 2. The zero-order chi connectivity index (χ0) is 25.6. The van der Waals surface area contributed by atoms with E-state index in [2.05, 4.69) is 66.5 Å². The van der Waals surface area contributed by atoms with E-state index in [9.17, 15) is 13.5 Å². The molecule has 0 amide bonds. The fourth-order valence-corrected chi connectivity index (χ4v) is 8.38. The monoisotopic (exact) mass is 512 g/mol. The molecule has 7 nitrogen and oxygen atoms in total. The topological polar surface area (TPSA) is 76.1 Å². The quantitative estimate of drug-likeness (QED) is 0.642. The average Bonchev–Trinajstić information content (AvgIpc) is 3.19. The summed E-state index contributed by atoms with van der Waals surface area (Å²) < 4.78 is 29.2. The number of hydrogen-bond acceptors (Lipinski definition) is 6. The van der Waals surface area contributed by atoms with Crippen LogP contribution in [0.1, 0.15) is 42.4 Å². The molecule has 5 atom stereocenters. The molecule has 0 spiro atoms. The third-order valence-electron chi connectivity index (χ3n) is 8.90. The second-order valence-electron chi connectivity index (χ2n) is 10.8. The average molecular weight is 513 g/mol. The molecule has 2 aromatic rings. The summed E-state index contributed by atoms with van der Waals surface area (Å²) >= 11 is 0. The van der Waals surface area contributed by atoms with E-state index in [1.165, 1.54) is 27.8 Å². The Bertz CT molecular complexity index is 1190. The van der Waals surface area contributed by atoms with Crippen molar-refractivity contribution >= 4 is 10.0 Å². The van der Waals surface area contributed by atoms with Crippen LogP contribution in [0.2, 0.25) is 0 Å². The van der Waals surface area contributed by atoms with Gasteiger partial charge < -0.3 is 5.11 Å². The second kappa shape index (κ2) is 10.2. The number of rotatable bonds is 5. The van der Waals surface area contributed by atoms with Crippen LogP contribution in [-0.4, -0.2) is 91.1 Å². The molecule has 3 aliphatic heterocycles. The Morgan fingerprint density at radius 2 is 1.78 bits per heavy atom. The molecular formula is C28H40N4O3S. The van der Waals surface area contributed by atoms with E-state index in [-0.39, 0.29) is 30.8 Å². The van der Waals surface area contributed by atoms with Gasteiger partial charge in [0.1, 0.15) is 5.37 Å². The lowest BCUT2D eigenvalue weighted by Gasteiger charge is -2.57. The maximum atomic E-state index is 13.7. The highest BCUT2D eigenvalue weighted by Crippen LogP contribution is 2.43. The van der Waals surface area contributed by atoms with Crippen molar-refractivity contribution in [2.24, 2.45) is 0 Å². The molecule has 0 bridgehead atoms. The minimum absolute atomic E-state index is 0.0278. The third kappa shape index (κ3) is 4.42. The molecule has 3 fully saturated rings. The van der Waals surface area contributed by atoms with Crippen LogP contribution in [0.15, 0.2) is 42.5 Å². The first kappa shape index (κ1) is 25.8. The first-order chi connectivity index (χ1) is 17.2. The number of nitrogens with zero attached hydrogens (tertiary/aromatic N) is 3. The van der Waals surface area contributed by atoms with E-state index in [1.807, 2.05) is 18.9 Å². The predicted molar refractivity (Wildman–Crippen MR) is 144 cm³/mol. The number of aliphatic hydroxyl groups is 1. The molecule has 0 aromatic heterocycles. The Morgan fingerprint density at radius 1 is 1.06 bits per heavy atom. The fourth-order valence-electron chi connectivity index (χ4n) is 6.38. The van der Waals surface area contributed by atoms with Gasteiger partial charge in [0.2, 0.25) is 10.0 Å². The molecule has 5 rings (SSSR count). The third-order valence-corrected chi connectivity index (χ3v) is 11.1. The summed E-state index contributed by atoms with van der Waals surface area (Å²) in [7, 11) is -1.60. The van der Waals surface area contributed by atoms with E-state index in [4.69, 9.17) is 0 Å². The predicted octanol–water partition coefficient (Wildman–Crippen LogP) is 2.73. The van der Waals surface area contributed by atoms with Gasteiger partial charge in [0.15, 0.2) is 0 Å². The molecule has 3 saturated heterocycles. The van der Waals surface area contributed by atoms with E-state index in [1.54, 1.807) is 4.31 Å². The molecule has 3 aliphatic rings. The molecule has 2 aromatic carbocycles. The zero-order valence-electron chi connectivity index (χ0n) is 21.9. The summed E-state index contributed by atoms with van der Waals surface area (Å²) in [5, 5.41) is 13.0. The van der Waals surface area contributed by atoms with Gasteiger partial charge in [-0.15, -0.1) is 0 Å². The highest BCUT2D eigenvalue weighted by atomic mass is 32.2. The van der Waals surface area contributed by atoms with Crippen LogP contribution in [-0.2, 0) is 10.0 Å². The number of benzene rings is 2. The van der Waals surface area contributed by atoms with E-state index in [0.29, 0.717) is 19.6 Å². The Hall–Kier alpha value is -1.81. The van der Waals surface area contributed by atoms with Gasteiger partial charge in [-0.3, -0.25) is 15.1 Å². The van der Waals surface area contributed by atoms with Gasteiger partial charge in [-0.2, -0.15) is 4.31 Å². The van der Waals surface area contributed by atoms with Gasteiger partial charge in [0.25, 0.3) is 0 Å². The summed E-state index contributed by atoms with van der Waals surface area (Å²) in [5.74, 6) is 0.108. The summed E-state index contributed by atoms with van der Waals surface area (Å²) in [6.07, 6.45) is 1.82. The maximum absolute atomic E-state index is 13.7. The standard InChI is InChI=1S/C28H40N4O3S/c1-19-8-7-9-24(20(19)2)22-10-12-23(13-11-22)28-25-17-31(14-5-6-15-32(25)26(28)18-33)36(34,35)27-16-29-21(3)30(27)4/h7-13,21,25-29,33H,5-6,14-18H2,1-4H3. The number of aliphatic hydroxyl groups excluding tert-OH is 1. The molecule has 36 heavy (non-hydrogen) atoms. The SMILES string of the molecule is Cc1cccc(-c2ccc(C3C(CO)N4CCCCN(S(=O)(=O)C5CNC(C)N5C)CC34)cc2)c1C. The van der Waals surface area contributed by atoms with Crippen molar-refractivity contribution in [3.05, 3.63) is 59.2 Å². The van der Waals surface area contributed by atoms with Crippen LogP contribution < -0.4 is 5.32 Å². The van der Waals surface area contributed by atoms with Crippen molar-refractivity contribution < 1.29 is 13.5 Å². The van der Waals surface area contributed by atoms with Crippen LogP contribution >= 0.6 is 0 Å². The lowest BCUT2D eigenvalue weighted by Crippen LogP contribution is -2.68. The molecule has 0 radical (unpaired) electrons. The van der Waals surface area contributed by atoms with Gasteiger partial charge in [0, 0.05) is 37.6 Å². The maximum Gasteiger partial charge on any atom is 0.231 e. The summed E-state index contributed by atoms with van der Waals surface area (Å²) in [6, 6.07) is 15.2. The number of nitrogens with one attached hydrogen (secondary N) is 1. The number of likely N-dealkylation sites (N-methyl/N-ethyl adjacent to an activating group) is 1. The van der Waals surface area contributed by atoms with Crippen LogP contribution in [0, 0.1) is 13.8 Å². The van der Waals surface area contributed by atoms with Crippen molar-refractivity contribution in [1.29, 1.82) is 0 Å². The molecule has 8 heteroatoms. The molecule has 3 heterocycles. The van der Waals surface area contributed by atoms with Crippen molar-refractivity contribution in [1.82, 2.24) is 19.4 Å². The van der Waals surface area contributed by atoms with E-state index >= 15 is 0 Å². The summed E-state index contributed by atoms with van der Waals surface area (Å²) in [6.45, 7) is 8.77. The minimum Gasteiger partial charge on any atom is -0.395 e. The number of sulfonamides is 1. The second-order valence-corrected chi connectivity index (χ2v) is 12.9. The Morgan fingerprint density at radius 3 is 2.44 bits per heavy atom. The lowest BCUT2D eigenvalue weighted by atomic mass is 9.74. The number of aryl methyl sites for hydroxylation is 1. The van der Waals surface area contributed by atoms with E-state index in [0.717, 1.165) is 19.4 Å². The fraction of sp³-hybridized carbons (Fsp3) is 0.571. The Kier molecular flexibility index (Phi) is 7.29. The first-order valence-electron chi connectivity index (χ1n) is 13.2. The highest BCUT2D eigenvalue weighted by Gasteiger charge is 2.51. The van der Waals surface area contributed by atoms with Gasteiger partial charge in [-0.05, 0) is 75.0 Å². The van der Waals surface area contributed by atoms with Crippen LogP contribution in [0.5, 0.6) is 0 Å². The Balaban J connectivity index is 1.41. The summed E-state index contributed by atoms with van der Waals surface area (Å²) in [4.78, 5) is 4.26. The molecule has 0 aliphatic carbocycles. The smallest absolute Gasteiger partial charge is 0.231 e. The van der Waals surface area contributed by atoms with Crippen molar-refractivity contribution in [2.45, 2.75) is 63.2 Å². The van der Waals surface area contributed by atoms with Crippen LogP contribution in [0.4, 0.5) is 0 Å². The lowest BCUT2D eigenvalue weighted by molar-refractivity contribution is -0.0555. The molecule has 0 saturated carbocycles. The van der Waals surface area contributed by atoms with Gasteiger partial charge in [0.05, 0.1) is 12.8 Å². The van der Waals surface area contributed by atoms with E-state index < -0.39 is 15.4 Å². The molecule has 5 unspecified atom stereocenters. The minimum atomic E-state index is -3.48. The molecule has 2 N–H and O–H groups in total.